The third-order valence-electron chi connectivity index (χ3n) is 23.0. The van der Waals surface area contributed by atoms with Gasteiger partial charge in [0.15, 0.2) is 27.6 Å². The first kappa shape index (κ1) is 81.7. The summed E-state index contributed by atoms with van der Waals surface area (Å²) in [7, 11) is 10.2. The summed E-state index contributed by atoms with van der Waals surface area (Å²) >= 11 is 0. The molecule has 5 aromatic heterocycles. The number of hydrogen-bond acceptors (Lipinski definition) is 5. The molecule has 0 amide bonds. The van der Waals surface area contributed by atoms with Crippen LogP contribution in [0.3, 0.4) is 0 Å². The van der Waals surface area contributed by atoms with Crippen LogP contribution >= 0.6 is 0 Å². The van der Waals surface area contributed by atoms with Gasteiger partial charge in [-0.15, -0.1) is 0 Å². The van der Waals surface area contributed by atoms with Crippen LogP contribution in [-0.4, -0.2) is 24.9 Å². The maximum atomic E-state index is 13.9. The van der Waals surface area contributed by atoms with E-state index in [0.717, 1.165) is 104 Å². The summed E-state index contributed by atoms with van der Waals surface area (Å²) in [5.74, 6) is 1.85. The molecule has 0 fully saturated rings. The van der Waals surface area contributed by atoms with E-state index in [2.05, 4.69) is 286 Å². The molecule has 10 nitrogen and oxygen atoms in total. The third-order valence-corrected chi connectivity index (χ3v) is 23.0. The Balaban J connectivity index is 0.000000139. The van der Waals surface area contributed by atoms with Crippen molar-refractivity contribution in [3.8, 4) is 56.3 Å². The Morgan fingerprint density at radius 3 is 1.16 bits per heavy atom. The van der Waals surface area contributed by atoms with E-state index < -0.39 is 0 Å². The van der Waals surface area contributed by atoms with Crippen LogP contribution in [0.5, 0.6) is 0 Å². The lowest BCUT2D eigenvalue weighted by atomic mass is 9.91. The number of rotatable bonds is 11. The number of fused-ring (bicyclic) bond motifs is 5. The van der Waals surface area contributed by atoms with E-state index in [1.54, 1.807) is 12.1 Å². The zero-order chi connectivity index (χ0) is 80.8. The van der Waals surface area contributed by atoms with Gasteiger partial charge in [0.2, 0.25) is 0 Å². The predicted molar refractivity (Wildman–Crippen MR) is 459 cm³/mol. The minimum Gasteiger partial charge on any atom is -0.232 e. The van der Waals surface area contributed by atoms with Gasteiger partial charge in [-0.1, -0.05) is 111 Å². The lowest BCUT2D eigenvalue weighted by Crippen LogP contribution is -2.36. The number of hydrogen-bond donors (Lipinski definition) is 0. The molecule has 0 spiro atoms. The summed E-state index contributed by atoms with van der Waals surface area (Å²) in [6.07, 6.45) is 12.0. The van der Waals surface area contributed by atoms with E-state index in [4.69, 9.17) is 4.98 Å². The van der Waals surface area contributed by atoms with Crippen molar-refractivity contribution in [3.05, 3.63) is 296 Å². The average Bonchev–Trinajstić information content (AvgIpc) is 0.776. The van der Waals surface area contributed by atoms with Gasteiger partial charge in [-0.2, -0.15) is 0 Å². The van der Waals surface area contributed by atoms with Crippen LogP contribution in [0.2, 0.25) is 0 Å². The van der Waals surface area contributed by atoms with Gasteiger partial charge in [0.1, 0.15) is 40.1 Å². The summed E-state index contributed by atoms with van der Waals surface area (Å²) in [5.41, 5.74) is 36.1. The first-order valence-corrected chi connectivity index (χ1v) is 39.5. The zero-order valence-electron chi connectivity index (χ0n) is 70.6. The number of aryl methyl sites for hydroxylation is 16. The van der Waals surface area contributed by atoms with Gasteiger partial charge in [0.25, 0.3) is 31.1 Å². The Morgan fingerprint density at radius 2 is 0.670 bits per heavy atom. The van der Waals surface area contributed by atoms with Crippen LogP contribution in [0.15, 0.2) is 189 Å². The van der Waals surface area contributed by atoms with Crippen LogP contribution < -0.4 is 22.8 Å². The Labute approximate surface area is 663 Å². The molecule has 0 aliphatic rings. The average molecular weight is 1490 g/mol. The molecule has 0 saturated heterocycles. The molecule has 112 heavy (non-hydrogen) atoms. The van der Waals surface area contributed by atoms with Gasteiger partial charge in [0.05, 0.1) is 62.2 Å². The highest BCUT2D eigenvalue weighted by molar-refractivity contribution is 5.96. The molecular weight excluding hydrogens is 1380 g/mol. The molecule has 0 saturated carbocycles. The summed E-state index contributed by atoms with van der Waals surface area (Å²) < 4.78 is 38.3. The number of aromatic nitrogens is 10. The van der Waals surface area contributed by atoms with Gasteiger partial charge in [0, 0.05) is 40.3 Å². The van der Waals surface area contributed by atoms with Gasteiger partial charge in [-0.25, -0.2) is 31.6 Å². The third kappa shape index (κ3) is 17.1. The lowest BCUT2D eigenvalue weighted by Gasteiger charge is -2.15. The Morgan fingerprint density at radius 1 is 0.295 bits per heavy atom. The van der Waals surface area contributed by atoms with Crippen LogP contribution in [0, 0.1) is 115 Å². The molecule has 0 radical (unpaired) electrons. The van der Waals surface area contributed by atoms with Crippen LogP contribution in [0.25, 0.3) is 111 Å². The van der Waals surface area contributed by atoms with Gasteiger partial charge < -0.3 is 0 Å². The largest absolute Gasteiger partial charge is 0.296 e. The Kier molecular flexibility index (Phi) is 25.5. The molecule has 10 aromatic carbocycles. The fourth-order valence-corrected chi connectivity index (χ4v) is 16.1. The number of halogens is 2. The molecule has 0 unspecified atom stereocenters. The van der Waals surface area contributed by atoms with Gasteiger partial charge >= 0.3 is 0 Å². The molecule has 15 rings (SSSR count). The highest BCUT2D eigenvalue weighted by Crippen LogP contribution is 2.38. The van der Waals surface area contributed by atoms with Crippen LogP contribution in [0.1, 0.15) is 160 Å². The van der Waals surface area contributed by atoms with E-state index in [9.17, 15) is 8.78 Å². The smallest absolute Gasteiger partial charge is 0.232 e. The molecule has 572 valence electrons. The lowest BCUT2D eigenvalue weighted by molar-refractivity contribution is -0.668. The molecule has 0 N–H and O–H groups in total. The molecule has 5 heterocycles. The minimum atomic E-state index is -0.154. The molecule has 0 aliphatic heterocycles. The van der Waals surface area contributed by atoms with E-state index in [-0.39, 0.29) is 11.6 Å². The summed E-state index contributed by atoms with van der Waals surface area (Å²) in [5, 5.41) is 5.86. The second-order valence-corrected chi connectivity index (χ2v) is 31.1. The van der Waals surface area contributed by atoms with Crippen molar-refractivity contribution in [1.29, 1.82) is 0 Å². The van der Waals surface area contributed by atoms with Crippen molar-refractivity contribution in [2.75, 3.05) is 0 Å². The maximum Gasteiger partial charge on any atom is 0.296 e. The van der Waals surface area contributed by atoms with E-state index >= 15 is 0 Å². The fourth-order valence-electron chi connectivity index (χ4n) is 16.1. The number of para-hydroxylation sites is 3. The summed E-state index contributed by atoms with van der Waals surface area (Å²) in [6, 6.07) is 57.0. The Bertz CT molecular complexity index is 6070. The zero-order valence-corrected chi connectivity index (χ0v) is 70.6. The van der Waals surface area contributed by atoms with Crippen molar-refractivity contribution >= 4 is 54.5 Å². The van der Waals surface area contributed by atoms with Crippen molar-refractivity contribution in [2.45, 2.75) is 169 Å². The quantitative estimate of drug-likeness (QED) is 0.121. The summed E-state index contributed by atoms with van der Waals surface area (Å²) in [4.78, 5) is 23.0. The molecule has 0 aliphatic carbocycles. The number of benzene rings is 10. The predicted octanol–water partition coefficient (Wildman–Crippen LogP) is 22.3. The van der Waals surface area contributed by atoms with Crippen molar-refractivity contribution < 1.29 is 31.6 Å². The fraction of sp³-hybridized carbons (Fsp3) is 0.300. The van der Waals surface area contributed by atoms with Crippen LogP contribution in [-0.2, 0) is 35.2 Å². The van der Waals surface area contributed by atoms with E-state index in [1.165, 1.54) is 117 Å². The van der Waals surface area contributed by atoms with Gasteiger partial charge in [-0.05, 0) is 323 Å². The maximum absolute atomic E-state index is 13.9. The van der Waals surface area contributed by atoms with E-state index in [1.807, 2.05) is 100 Å². The number of nitrogens with zero attached hydrogens (tertiary/aromatic N) is 10. The van der Waals surface area contributed by atoms with Gasteiger partial charge in [-0.3, -0.25) is 0 Å². The highest BCUT2D eigenvalue weighted by Gasteiger charge is 2.26. The van der Waals surface area contributed by atoms with E-state index in [0.29, 0.717) is 23.0 Å². The standard InChI is InChI=1S/2C22H26FN2.2C19H21N2.C18H19N2/c1-6-16(7-2)17-8-9-21-19(12-17)22(25(5)13-24-21)18-10-15(4)20(23)11-14(18)3;1-6-16(7-2)17-8-9-18-21(12-17)24-13-25(5)22(18)19-10-15(4)20(23)11-14(19)3;1-12-9-14(3)15(4)17(10-12)19-16-8-6-7-13(2)18(16)20-11-21(19)5;1-12-10-13(2)14(3)17(11-12)19-16-8-6-7-9-18(16)20-15(4)21(19)5;1-12-9-13(2)14(3)16(10-12)18-15-7-5-6-8-17(15)19-11-20(18)4/h2*8-13,16H,6-7H2,1-5H3;2*6-11H,1-5H3;5-11H,1-4H3/q5*+1. The van der Waals surface area contributed by atoms with Crippen LogP contribution in [0.4, 0.5) is 8.78 Å². The molecule has 0 bridgehead atoms. The SMILES string of the molecule is CCC(CC)c1ccc2c(-c3cc(C)c(F)cc3C)[n+](C)cnc2c1.CCC(CC)c1ccc2nc[n+](C)c(-c3cc(C)c(F)cc3C)c2c1.Cc1cc(C)c(C)c(-c2c3cccc(C)c3nc[n+]2C)c1.Cc1cc(C)c(C)c(-c2c3ccccc3nc(C)[n+]2C)c1.Cc1cc(C)c(C)c(-c2c3ccccc3nc[n+]2C)c1. The first-order valence-electron chi connectivity index (χ1n) is 39.5. The highest BCUT2D eigenvalue weighted by atomic mass is 19.1. The Hall–Kier alpha value is -11.2. The summed E-state index contributed by atoms with van der Waals surface area (Å²) in [6.45, 7) is 40.3. The minimum absolute atomic E-state index is 0.153. The van der Waals surface area contributed by atoms with Crippen molar-refractivity contribution in [3.63, 3.8) is 0 Å². The van der Waals surface area contributed by atoms with Crippen molar-refractivity contribution in [2.24, 2.45) is 35.2 Å². The molecular formula is C100H113F2N10+5. The first-order chi connectivity index (χ1) is 53.5. The molecule has 15 aromatic rings. The van der Waals surface area contributed by atoms with Crippen molar-refractivity contribution in [1.82, 2.24) is 24.9 Å². The second kappa shape index (κ2) is 35.0. The monoisotopic (exact) mass is 1490 g/mol. The topological polar surface area (TPSA) is 83.8 Å². The normalized spacial score (nSPS) is 11.2. The molecule has 0 atom stereocenters. The molecule has 12 heteroatoms. The second-order valence-electron chi connectivity index (χ2n) is 31.1.